The Bertz CT molecular complexity index is 602. The average Bonchev–Trinajstić information content (AvgIpc) is 2.62. The molecule has 122 valence electrons. The summed E-state index contributed by atoms with van der Waals surface area (Å²) < 4.78 is 28.9. The van der Waals surface area contributed by atoms with Gasteiger partial charge in [-0.25, -0.2) is 8.42 Å². The molecule has 0 N–H and O–H groups in total. The quantitative estimate of drug-likeness (QED) is 0.777. The van der Waals surface area contributed by atoms with Gasteiger partial charge in [-0.2, -0.15) is 9.40 Å². The Kier molecular flexibility index (Phi) is 5.51. The van der Waals surface area contributed by atoms with Crippen molar-refractivity contribution in [2.45, 2.75) is 59.0 Å². The Morgan fingerprint density at radius 3 is 2.29 bits per heavy atom. The first-order valence-electron chi connectivity index (χ1n) is 7.02. The lowest BCUT2D eigenvalue weighted by molar-refractivity contribution is 0.216. The molecule has 0 radical (unpaired) electrons. The van der Waals surface area contributed by atoms with Crippen LogP contribution < -0.4 is 0 Å². The summed E-state index contributed by atoms with van der Waals surface area (Å²) in [5, 5.41) is 4.30. The molecule has 0 spiro atoms. The fourth-order valence-electron chi connectivity index (χ4n) is 2.25. The normalized spacial score (nSPS) is 14.7. The Morgan fingerprint density at radius 1 is 1.33 bits per heavy atom. The molecule has 0 fully saturated rings. The van der Waals surface area contributed by atoms with Gasteiger partial charge in [0.2, 0.25) is 10.0 Å². The predicted octanol–water partition coefficient (Wildman–Crippen LogP) is 2.79. The van der Waals surface area contributed by atoms with Crippen molar-refractivity contribution in [3.8, 4) is 0 Å². The highest BCUT2D eigenvalue weighted by molar-refractivity contribution is 7.89. The van der Waals surface area contributed by atoms with Crippen molar-refractivity contribution in [1.82, 2.24) is 14.1 Å². The van der Waals surface area contributed by atoms with Crippen LogP contribution in [-0.2, 0) is 16.6 Å². The summed E-state index contributed by atoms with van der Waals surface area (Å²) in [4.78, 5) is 0.297. The highest BCUT2D eigenvalue weighted by Gasteiger charge is 2.35. The number of rotatable bonds is 5. The summed E-state index contributed by atoms with van der Waals surface area (Å²) in [7, 11) is -1.95. The summed E-state index contributed by atoms with van der Waals surface area (Å²) in [6, 6.07) is -0.127. The van der Waals surface area contributed by atoms with E-state index in [9.17, 15) is 8.42 Å². The molecule has 0 bridgehead atoms. The molecule has 7 heteroatoms. The molecular formula is C14H26ClN3O2S. The number of halogens is 1. The standard InChI is InChI=1S/C14H26ClN3O2S/c1-10-13(11(2)18(16-10)9-8-15)21(19,20)17(7)12(3)14(4,5)6/h12H,8-9H2,1-7H3. The van der Waals surface area contributed by atoms with Gasteiger partial charge in [0.05, 0.1) is 17.9 Å². The topological polar surface area (TPSA) is 55.2 Å². The lowest BCUT2D eigenvalue weighted by atomic mass is 9.88. The van der Waals surface area contributed by atoms with Crippen LogP contribution in [-0.4, -0.2) is 41.5 Å². The van der Waals surface area contributed by atoms with Crippen LogP contribution >= 0.6 is 11.6 Å². The van der Waals surface area contributed by atoms with Gasteiger partial charge in [0.1, 0.15) is 4.90 Å². The molecule has 0 aromatic carbocycles. The first kappa shape index (κ1) is 18.5. The molecular weight excluding hydrogens is 310 g/mol. The van der Waals surface area contributed by atoms with Crippen molar-refractivity contribution in [2.75, 3.05) is 12.9 Å². The lowest BCUT2D eigenvalue weighted by Gasteiger charge is -2.34. The third-order valence-electron chi connectivity index (χ3n) is 4.05. The molecule has 5 nitrogen and oxygen atoms in total. The second kappa shape index (κ2) is 6.26. The summed E-state index contributed by atoms with van der Waals surface area (Å²) in [6.45, 7) is 12.0. The zero-order chi connectivity index (χ0) is 16.6. The Labute approximate surface area is 133 Å². The maximum absolute atomic E-state index is 12.9. The second-order valence-electron chi connectivity index (χ2n) is 6.48. The molecule has 1 heterocycles. The fraction of sp³-hybridized carbons (Fsp3) is 0.786. The number of hydrogen-bond acceptors (Lipinski definition) is 3. The summed E-state index contributed by atoms with van der Waals surface area (Å²) in [5.41, 5.74) is 1.02. The van der Waals surface area contributed by atoms with E-state index in [1.54, 1.807) is 25.6 Å². The van der Waals surface area contributed by atoms with E-state index >= 15 is 0 Å². The number of nitrogens with zero attached hydrogens (tertiary/aromatic N) is 3. The van der Waals surface area contributed by atoms with Crippen LogP contribution in [0.1, 0.15) is 39.1 Å². The van der Waals surface area contributed by atoms with E-state index in [0.717, 1.165) is 0 Å². The molecule has 1 atom stereocenters. The Hall–Kier alpha value is -0.590. The molecule has 0 aliphatic carbocycles. The van der Waals surface area contributed by atoms with Gasteiger partial charge in [-0.1, -0.05) is 20.8 Å². The largest absolute Gasteiger partial charge is 0.267 e. The smallest absolute Gasteiger partial charge is 0.246 e. The van der Waals surface area contributed by atoms with Crippen LogP contribution in [0.25, 0.3) is 0 Å². The third kappa shape index (κ3) is 3.60. The van der Waals surface area contributed by atoms with E-state index < -0.39 is 10.0 Å². The first-order valence-corrected chi connectivity index (χ1v) is 9.00. The molecule has 21 heavy (non-hydrogen) atoms. The van der Waals surface area contributed by atoms with Crippen molar-refractivity contribution in [1.29, 1.82) is 0 Å². The van der Waals surface area contributed by atoms with Crippen molar-refractivity contribution >= 4 is 21.6 Å². The number of hydrogen-bond donors (Lipinski definition) is 0. The highest BCUT2D eigenvalue weighted by atomic mass is 35.5. The number of sulfonamides is 1. The molecule has 1 aromatic rings. The number of aryl methyl sites for hydroxylation is 2. The van der Waals surface area contributed by atoms with E-state index in [-0.39, 0.29) is 11.5 Å². The Balaban J connectivity index is 3.32. The van der Waals surface area contributed by atoms with Crippen LogP contribution in [0.3, 0.4) is 0 Å². The first-order chi connectivity index (χ1) is 9.44. The van der Waals surface area contributed by atoms with Gasteiger partial charge < -0.3 is 0 Å². The maximum atomic E-state index is 12.9. The summed E-state index contributed by atoms with van der Waals surface area (Å²) in [6.07, 6.45) is 0. The molecule has 0 aliphatic rings. The lowest BCUT2D eigenvalue weighted by Crippen LogP contribution is -2.43. The molecule has 1 rings (SSSR count). The molecule has 1 unspecified atom stereocenters. The molecule has 0 aliphatic heterocycles. The van der Waals surface area contributed by atoms with Crippen LogP contribution in [0.15, 0.2) is 4.90 Å². The van der Waals surface area contributed by atoms with Crippen molar-refractivity contribution in [3.63, 3.8) is 0 Å². The molecule has 0 amide bonds. The van der Waals surface area contributed by atoms with Gasteiger partial charge in [0, 0.05) is 19.0 Å². The predicted molar refractivity (Wildman–Crippen MR) is 86.3 cm³/mol. The number of aromatic nitrogens is 2. The van der Waals surface area contributed by atoms with Gasteiger partial charge in [0.25, 0.3) is 0 Å². The van der Waals surface area contributed by atoms with Crippen molar-refractivity contribution in [3.05, 3.63) is 11.4 Å². The van der Waals surface area contributed by atoms with E-state index in [4.69, 9.17) is 11.6 Å². The minimum Gasteiger partial charge on any atom is -0.267 e. The monoisotopic (exact) mass is 335 g/mol. The van der Waals surface area contributed by atoms with E-state index in [2.05, 4.69) is 5.10 Å². The van der Waals surface area contributed by atoms with Crippen LogP contribution in [0.4, 0.5) is 0 Å². The van der Waals surface area contributed by atoms with Crippen LogP contribution in [0, 0.1) is 19.3 Å². The average molecular weight is 336 g/mol. The number of alkyl halides is 1. The SMILES string of the molecule is Cc1nn(CCCl)c(C)c1S(=O)(=O)N(C)C(C)C(C)(C)C. The summed E-state index contributed by atoms with van der Waals surface area (Å²) in [5.74, 6) is 0.398. The second-order valence-corrected chi connectivity index (χ2v) is 8.79. The van der Waals surface area contributed by atoms with E-state index in [1.807, 2.05) is 27.7 Å². The van der Waals surface area contributed by atoms with Gasteiger partial charge in [-0.3, -0.25) is 4.68 Å². The minimum absolute atomic E-state index is 0.127. The highest BCUT2D eigenvalue weighted by Crippen LogP contribution is 2.30. The van der Waals surface area contributed by atoms with Crippen LogP contribution in [0.5, 0.6) is 0 Å². The van der Waals surface area contributed by atoms with Crippen LogP contribution in [0.2, 0.25) is 0 Å². The molecule has 0 saturated carbocycles. The minimum atomic E-state index is -3.57. The Morgan fingerprint density at radius 2 is 1.86 bits per heavy atom. The maximum Gasteiger partial charge on any atom is 0.246 e. The zero-order valence-corrected chi connectivity index (χ0v) is 15.5. The zero-order valence-electron chi connectivity index (χ0n) is 13.9. The van der Waals surface area contributed by atoms with Gasteiger partial charge in [-0.15, -0.1) is 11.6 Å². The van der Waals surface area contributed by atoms with E-state index in [0.29, 0.717) is 28.7 Å². The van der Waals surface area contributed by atoms with Gasteiger partial charge >= 0.3 is 0 Å². The third-order valence-corrected chi connectivity index (χ3v) is 6.40. The fourth-order valence-corrected chi connectivity index (χ4v) is 4.32. The van der Waals surface area contributed by atoms with Crippen molar-refractivity contribution < 1.29 is 8.42 Å². The van der Waals surface area contributed by atoms with E-state index in [1.165, 1.54) is 4.31 Å². The van der Waals surface area contributed by atoms with Gasteiger partial charge in [-0.05, 0) is 26.2 Å². The molecule has 0 saturated heterocycles. The van der Waals surface area contributed by atoms with Gasteiger partial charge in [0.15, 0.2) is 0 Å². The van der Waals surface area contributed by atoms with Crippen molar-refractivity contribution in [2.24, 2.45) is 5.41 Å². The summed E-state index contributed by atoms with van der Waals surface area (Å²) >= 11 is 5.74. The molecule has 1 aromatic heterocycles.